The Balaban J connectivity index is 1.70. The van der Waals surface area contributed by atoms with Gasteiger partial charge in [-0.05, 0) is 37.6 Å². The molecule has 0 saturated heterocycles. The molecule has 3 aromatic rings. The minimum absolute atomic E-state index is 0.149. The molecule has 0 bridgehead atoms. The average Bonchev–Trinajstić information content (AvgIpc) is 2.90. The van der Waals surface area contributed by atoms with E-state index < -0.39 is 0 Å². The van der Waals surface area contributed by atoms with Crippen LogP contribution >= 0.6 is 27.7 Å². The standard InChI is InChI=1S/C14H13BrN6O2S/c1-7-5-9(15)3-4-10(7)16-11(22)6-24-14-19-18-13-17-12(23)8(2)20-21(13)14/h3-5H,6H2,1-2H3,(H,16,22)(H,17,18,23). The summed E-state index contributed by atoms with van der Waals surface area (Å²) in [4.78, 5) is 26.2. The third-order valence-corrected chi connectivity index (χ3v) is 4.62. The molecule has 0 atom stereocenters. The first-order chi connectivity index (χ1) is 11.4. The Bertz CT molecular complexity index is 983. The number of aromatic amines is 1. The van der Waals surface area contributed by atoms with Crippen molar-refractivity contribution in [2.24, 2.45) is 0 Å². The number of carbonyl (C=O) groups is 1. The normalized spacial score (nSPS) is 11.0. The lowest BCUT2D eigenvalue weighted by atomic mass is 10.2. The third-order valence-electron chi connectivity index (χ3n) is 3.21. The maximum atomic E-state index is 12.1. The number of H-pyrrole nitrogens is 1. The van der Waals surface area contributed by atoms with Gasteiger partial charge >= 0.3 is 0 Å². The molecule has 10 heteroatoms. The second kappa shape index (κ2) is 6.73. The number of fused-ring (bicyclic) bond motifs is 1. The monoisotopic (exact) mass is 408 g/mol. The number of rotatable bonds is 4. The van der Waals surface area contributed by atoms with Gasteiger partial charge in [-0.2, -0.15) is 9.61 Å². The van der Waals surface area contributed by atoms with Crippen molar-refractivity contribution in [3.63, 3.8) is 0 Å². The minimum Gasteiger partial charge on any atom is -0.325 e. The number of carbonyl (C=O) groups excluding carboxylic acids is 1. The molecular weight excluding hydrogens is 396 g/mol. The second-order valence-electron chi connectivity index (χ2n) is 5.05. The summed E-state index contributed by atoms with van der Waals surface area (Å²) in [5.41, 5.74) is 1.72. The second-order valence-corrected chi connectivity index (χ2v) is 6.91. The van der Waals surface area contributed by atoms with E-state index in [-0.39, 0.29) is 23.0 Å². The summed E-state index contributed by atoms with van der Waals surface area (Å²) >= 11 is 4.58. The zero-order valence-electron chi connectivity index (χ0n) is 12.8. The van der Waals surface area contributed by atoms with Gasteiger partial charge in [-0.1, -0.05) is 27.7 Å². The van der Waals surface area contributed by atoms with E-state index in [2.05, 4.69) is 41.5 Å². The van der Waals surface area contributed by atoms with Crippen molar-refractivity contribution in [3.8, 4) is 0 Å². The predicted octanol–water partition coefficient (Wildman–Crippen LogP) is 1.92. The number of thioether (sulfide) groups is 1. The van der Waals surface area contributed by atoms with E-state index >= 15 is 0 Å². The van der Waals surface area contributed by atoms with Crippen LogP contribution in [-0.2, 0) is 4.79 Å². The highest BCUT2D eigenvalue weighted by Gasteiger charge is 2.12. The smallest absolute Gasteiger partial charge is 0.273 e. The fourth-order valence-corrected chi connectivity index (χ4v) is 3.15. The number of benzene rings is 1. The van der Waals surface area contributed by atoms with Crippen LogP contribution in [0.2, 0.25) is 0 Å². The van der Waals surface area contributed by atoms with Gasteiger partial charge in [0, 0.05) is 10.2 Å². The molecule has 0 aliphatic heterocycles. The Morgan fingerprint density at radius 3 is 2.92 bits per heavy atom. The van der Waals surface area contributed by atoms with Crippen LogP contribution in [0.25, 0.3) is 5.78 Å². The van der Waals surface area contributed by atoms with Crippen molar-refractivity contribution in [2.45, 2.75) is 19.0 Å². The summed E-state index contributed by atoms with van der Waals surface area (Å²) in [6.45, 7) is 3.51. The summed E-state index contributed by atoms with van der Waals surface area (Å²) < 4.78 is 2.37. The molecule has 0 aliphatic rings. The summed E-state index contributed by atoms with van der Waals surface area (Å²) in [5, 5.41) is 15.2. The molecule has 0 spiro atoms. The van der Waals surface area contributed by atoms with Crippen LogP contribution in [0.15, 0.2) is 32.6 Å². The van der Waals surface area contributed by atoms with E-state index in [9.17, 15) is 9.59 Å². The van der Waals surface area contributed by atoms with E-state index in [0.29, 0.717) is 10.9 Å². The number of aromatic nitrogens is 5. The van der Waals surface area contributed by atoms with Crippen LogP contribution in [0.4, 0.5) is 5.69 Å². The molecule has 24 heavy (non-hydrogen) atoms. The molecule has 124 valence electrons. The van der Waals surface area contributed by atoms with Gasteiger partial charge < -0.3 is 5.32 Å². The SMILES string of the molecule is Cc1cc(Br)ccc1NC(=O)CSc1nnc2[nH]c(=O)c(C)nn12. The fourth-order valence-electron chi connectivity index (χ4n) is 1.99. The van der Waals surface area contributed by atoms with E-state index in [1.54, 1.807) is 6.92 Å². The van der Waals surface area contributed by atoms with Crippen LogP contribution in [0.5, 0.6) is 0 Å². The number of anilines is 1. The largest absolute Gasteiger partial charge is 0.325 e. The van der Waals surface area contributed by atoms with Gasteiger partial charge in [-0.15, -0.1) is 10.2 Å². The van der Waals surface area contributed by atoms with Crippen LogP contribution in [0.3, 0.4) is 0 Å². The lowest BCUT2D eigenvalue weighted by molar-refractivity contribution is -0.113. The third kappa shape index (κ3) is 3.49. The van der Waals surface area contributed by atoms with Crippen LogP contribution in [0.1, 0.15) is 11.3 Å². The van der Waals surface area contributed by atoms with Gasteiger partial charge in [-0.3, -0.25) is 14.6 Å². The number of nitrogens with one attached hydrogen (secondary N) is 2. The molecule has 0 unspecified atom stereocenters. The summed E-state index contributed by atoms with van der Waals surface area (Å²) in [7, 11) is 0. The molecule has 2 aromatic heterocycles. The summed E-state index contributed by atoms with van der Waals surface area (Å²) in [6, 6.07) is 5.63. The minimum atomic E-state index is -0.310. The average molecular weight is 409 g/mol. The highest BCUT2D eigenvalue weighted by molar-refractivity contribution is 9.10. The number of hydrogen-bond acceptors (Lipinski definition) is 6. The first kappa shape index (κ1) is 16.7. The Kier molecular flexibility index (Phi) is 4.67. The fraction of sp³-hybridized carbons (Fsp3) is 0.214. The molecule has 0 aliphatic carbocycles. The maximum absolute atomic E-state index is 12.1. The predicted molar refractivity (Wildman–Crippen MR) is 94.4 cm³/mol. The van der Waals surface area contributed by atoms with Gasteiger partial charge in [0.15, 0.2) is 0 Å². The van der Waals surface area contributed by atoms with Crippen molar-refractivity contribution >= 4 is 45.1 Å². The number of aryl methyl sites for hydroxylation is 2. The molecule has 0 fully saturated rings. The Morgan fingerprint density at radius 1 is 1.38 bits per heavy atom. The Labute approximate surface area is 149 Å². The van der Waals surface area contributed by atoms with Gasteiger partial charge in [0.05, 0.1) is 5.75 Å². The topological polar surface area (TPSA) is 105 Å². The molecule has 0 radical (unpaired) electrons. The highest BCUT2D eigenvalue weighted by Crippen LogP contribution is 2.21. The Hall–Kier alpha value is -2.20. The lowest BCUT2D eigenvalue weighted by Crippen LogP contribution is -2.17. The van der Waals surface area contributed by atoms with Crippen molar-refractivity contribution in [2.75, 3.05) is 11.1 Å². The van der Waals surface area contributed by atoms with E-state index in [4.69, 9.17) is 0 Å². The molecule has 1 aromatic carbocycles. The first-order valence-corrected chi connectivity index (χ1v) is 8.73. The van der Waals surface area contributed by atoms with Crippen LogP contribution in [-0.4, -0.2) is 36.5 Å². The first-order valence-electron chi connectivity index (χ1n) is 6.95. The van der Waals surface area contributed by atoms with Crippen molar-refractivity contribution in [3.05, 3.63) is 44.3 Å². The summed E-state index contributed by atoms with van der Waals surface area (Å²) in [6.07, 6.45) is 0. The lowest BCUT2D eigenvalue weighted by Gasteiger charge is -2.08. The number of nitrogens with zero attached hydrogens (tertiary/aromatic N) is 4. The molecule has 3 rings (SSSR count). The molecule has 1 amide bonds. The van der Waals surface area contributed by atoms with Crippen molar-refractivity contribution in [1.29, 1.82) is 0 Å². The summed E-state index contributed by atoms with van der Waals surface area (Å²) in [5.74, 6) is 0.233. The quantitative estimate of drug-likeness (QED) is 0.638. The van der Waals surface area contributed by atoms with Crippen LogP contribution in [0, 0.1) is 13.8 Å². The zero-order chi connectivity index (χ0) is 17.3. The van der Waals surface area contributed by atoms with Crippen molar-refractivity contribution < 1.29 is 4.79 Å². The molecule has 2 N–H and O–H groups in total. The van der Waals surface area contributed by atoms with Gasteiger partial charge in [0.1, 0.15) is 5.69 Å². The molecular formula is C14H13BrN6O2S. The maximum Gasteiger partial charge on any atom is 0.273 e. The molecule has 2 heterocycles. The number of amides is 1. The van der Waals surface area contributed by atoms with E-state index in [1.807, 2.05) is 25.1 Å². The van der Waals surface area contributed by atoms with E-state index in [1.165, 1.54) is 16.3 Å². The number of halogens is 1. The Morgan fingerprint density at radius 2 is 2.17 bits per heavy atom. The highest BCUT2D eigenvalue weighted by atomic mass is 79.9. The van der Waals surface area contributed by atoms with E-state index in [0.717, 1.165) is 15.7 Å². The van der Waals surface area contributed by atoms with Gasteiger partial charge in [0.25, 0.3) is 11.3 Å². The van der Waals surface area contributed by atoms with Crippen LogP contribution < -0.4 is 10.9 Å². The number of hydrogen-bond donors (Lipinski definition) is 2. The zero-order valence-corrected chi connectivity index (χ0v) is 15.2. The molecule has 0 saturated carbocycles. The van der Waals surface area contributed by atoms with Crippen molar-refractivity contribution in [1.82, 2.24) is 24.8 Å². The van der Waals surface area contributed by atoms with Gasteiger partial charge in [0.2, 0.25) is 11.1 Å². The van der Waals surface area contributed by atoms with Gasteiger partial charge in [-0.25, -0.2) is 0 Å². The molecule has 8 nitrogen and oxygen atoms in total.